The predicted octanol–water partition coefficient (Wildman–Crippen LogP) is 4.41. The molecule has 0 spiro atoms. The molecule has 1 aliphatic rings. The monoisotopic (exact) mass is 352 g/mol. The largest absolute Gasteiger partial charge is 0.377 e. The summed E-state index contributed by atoms with van der Waals surface area (Å²) in [6, 6.07) is 16.9. The fourth-order valence-electron chi connectivity index (χ4n) is 3.12. The van der Waals surface area contributed by atoms with Crippen molar-refractivity contribution in [3.63, 3.8) is 0 Å². The highest BCUT2D eigenvalue weighted by molar-refractivity contribution is 5.75. The van der Waals surface area contributed by atoms with Gasteiger partial charge >= 0.3 is 6.03 Å². The van der Waals surface area contributed by atoms with Crippen LogP contribution >= 0.6 is 0 Å². The number of rotatable bonds is 8. The standard InChI is InChI=1S/C22H28N2O2/c1-3-26-16-20-10-5-4-9-19(20)14-23-22(25)24(21-11-12-21)15-18-8-6-7-17(2)13-18/h4-10,13,21H,3,11-12,14-16H2,1-2H3,(H,23,25). The summed E-state index contributed by atoms with van der Waals surface area (Å²) in [4.78, 5) is 14.8. The molecule has 138 valence electrons. The Morgan fingerprint density at radius 3 is 2.62 bits per heavy atom. The summed E-state index contributed by atoms with van der Waals surface area (Å²) in [5, 5.41) is 3.10. The Labute approximate surface area is 156 Å². The van der Waals surface area contributed by atoms with Crippen molar-refractivity contribution in [2.75, 3.05) is 6.61 Å². The van der Waals surface area contributed by atoms with Crippen molar-refractivity contribution in [3.05, 3.63) is 70.8 Å². The van der Waals surface area contributed by atoms with Crippen molar-refractivity contribution in [1.29, 1.82) is 0 Å². The van der Waals surface area contributed by atoms with Gasteiger partial charge in [-0.05, 0) is 43.4 Å². The lowest BCUT2D eigenvalue weighted by Gasteiger charge is -2.23. The van der Waals surface area contributed by atoms with E-state index in [1.165, 1.54) is 11.1 Å². The molecule has 26 heavy (non-hydrogen) atoms. The van der Waals surface area contributed by atoms with Crippen molar-refractivity contribution >= 4 is 6.03 Å². The molecule has 0 heterocycles. The lowest BCUT2D eigenvalue weighted by Crippen LogP contribution is -2.40. The van der Waals surface area contributed by atoms with E-state index in [1.54, 1.807) is 0 Å². The van der Waals surface area contributed by atoms with Gasteiger partial charge < -0.3 is 15.0 Å². The first-order valence-corrected chi connectivity index (χ1v) is 9.42. The zero-order valence-corrected chi connectivity index (χ0v) is 15.7. The fourth-order valence-corrected chi connectivity index (χ4v) is 3.12. The summed E-state index contributed by atoms with van der Waals surface area (Å²) in [5.41, 5.74) is 4.65. The smallest absolute Gasteiger partial charge is 0.318 e. The molecule has 2 amide bonds. The van der Waals surface area contributed by atoms with Crippen LogP contribution < -0.4 is 5.32 Å². The van der Waals surface area contributed by atoms with Gasteiger partial charge in [-0.3, -0.25) is 0 Å². The highest BCUT2D eigenvalue weighted by Gasteiger charge is 2.32. The first kappa shape index (κ1) is 18.5. The number of nitrogens with zero attached hydrogens (tertiary/aromatic N) is 1. The van der Waals surface area contributed by atoms with E-state index >= 15 is 0 Å². The number of urea groups is 1. The summed E-state index contributed by atoms with van der Waals surface area (Å²) in [7, 11) is 0. The van der Waals surface area contributed by atoms with E-state index < -0.39 is 0 Å². The number of carbonyl (C=O) groups excluding carboxylic acids is 1. The minimum absolute atomic E-state index is 0.0141. The van der Waals surface area contributed by atoms with Crippen LogP contribution in [0.1, 0.15) is 42.0 Å². The van der Waals surface area contributed by atoms with Crippen molar-refractivity contribution in [1.82, 2.24) is 10.2 Å². The maximum Gasteiger partial charge on any atom is 0.318 e. The van der Waals surface area contributed by atoms with E-state index in [4.69, 9.17) is 4.74 Å². The number of ether oxygens (including phenoxy) is 1. The highest BCUT2D eigenvalue weighted by atomic mass is 16.5. The van der Waals surface area contributed by atoms with Crippen LogP contribution in [0.15, 0.2) is 48.5 Å². The third-order valence-corrected chi connectivity index (χ3v) is 4.69. The second-order valence-corrected chi connectivity index (χ2v) is 6.91. The zero-order valence-electron chi connectivity index (χ0n) is 15.7. The van der Waals surface area contributed by atoms with Gasteiger partial charge in [0.05, 0.1) is 6.61 Å². The molecule has 0 aliphatic heterocycles. The first-order chi connectivity index (χ1) is 12.7. The molecule has 1 saturated carbocycles. The Hall–Kier alpha value is -2.33. The molecule has 1 N–H and O–H groups in total. The van der Waals surface area contributed by atoms with Gasteiger partial charge in [-0.15, -0.1) is 0 Å². The van der Waals surface area contributed by atoms with Gasteiger partial charge in [0.2, 0.25) is 0 Å². The van der Waals surface area contributed by atoms with Crippen molar-refractivity contribution in [2.45, 2.75) is 52.4 Å². The van der Waals surface area contributed by atoms with Gasteiger partial charge in [-0.2, -0.15) is 0 Å². The second kappa shape index (κ2) is 8.86. The van der Waals surface area contributed by atoms with E-state index in [1.807, 2.05) is 24.0 Å². The van der Waals surface area contributed by atoms with E-state index in [0.717, 1.165) is 24.0 Å². The molecule has 3 rings (SSSR count). The lowest BCUT2D eigenvalue weighted by atomic mass is 10.1. The van der Waals surface area contributed by atoms with E-state index in [9.17, 15) is 4.79 Å². The second-order valence-electron chi connectivity index (χ2n) is 6.91. The molecule has 0 radical (unpaired) electrons. The Kier molecular flexibility index (Phi) is 6.29. The molecule has 0 saturated heterocycles. The van der Waals surface area contributed by atoms with Gasteiger partial charge in [0.1, 0.15) is 0 Å². The third-order valence-electron chi connectivity index (χ3n) is 4.69. The fraction of sp³-hybridized carbons (Fsp3) is 0.409. The number of carbonyl (C=O) groups is 1. The number of aryl methyl sites for hydroxylation is 1. The Bertz CT molecular complexity index is 740. The van der Waals surface area contributed by atoms with Crippen LogP contribution in [0.3, 0.4) is 0 Å². The molecular weight excluding hydrogens is 324 g/mol. The first-order valence-electron chi connectivity index (χ1n) is 9.42. The van der Waals surface area contributed by atoms with Crippen molar-refractivity contribution in [2.24, 2.45) is 0 Å². The van der Waals surface area contributed by atoms with Gasteiger partial charge in [0.25, 0.3) is 0 Å². The molecule has 1 aliphatic carbocycles. The summed E-state index contributed by atoms with van der Waals surface area (Å²) < 4.78 is 5.53. The predicted molar refractivity (Wildman–Crippen MR) is 104 cm³/mol. The Morgan fingerprint density at radius 2 is 1.92 bits per heavy atom. The minimum atomic E-state index is 0.0141. The molecule has 0 bridgehead atoms. The van der Waals surface area contributed by atoms with Crippen LogP contribution in [-0.2, 0) is 24.4 Å². The number of amides is 2. The average molecular weight is 352 g/mol. The Balaban J connectivity index is 1.62. The third kappa shape index (κ3) is 5.09. The highest BCUT2D eigenvalue weighted by Crippen LogP contribution is 2.28. The van der Waals surface area contributed by atoms with Crippen molar-refractivity contribution in [3.8, 4) is 0 Å². The Morgan fingerprint density at radius 1 is 1.15 bits per heavy atom. The number of nitrogens with one attached hydrogen (secondary N) is 1. The molecule has 2 aromatic carbocycles. The van der Waals surface area contributed by atoms with E-state index in [-0.39, 0.29) is 6.03 Å². The maximum absolute atomic E-state index is 12.8. The number of hydrogen-bond acceptors (Lipinski definition) is 2. The molecule has 2 aromatic rings. The summed E-state index contributed by atoms with van der Waals surface area (Å²) >= 11 is 0. The molecule has 4 nitrogen and oxygen atoms in total. The van der Waals surface area contributed by atoms with Crippen LogP contribution in [0.25, 0.3) is 0 Å². The molecule has 0 aromatic heterocycles. The normalized spacial score (nSPS) is 13.5. The van der Waals surface area contributed by atoms with Crippen LogP contribution in [0.2, 0.25) is 0 Å². The summed E-state index contributed by atoms with van der Waals surface area (Å²) in [6.45, 7) is 6.53. The van der Waals surface area contributed by atoms with E-state index in [0.29, 0.717) is 32.3 Å². The molecular formula is C22H28N2O2. The molecule has 1 fully saturated rings. The number of hydrogen-bond donors (Lipinski definition) is 1. The minimum Gasteiger partial charge on any atom is -0.377 e. The van der Waals surface area contributed by atoms with Gasteiger partial charge in [-0.1, -0.05) is 54.1 Å². The summed E-state index contributed by atoms with van der Waals surface area (Å²) in [6.07, 6.45) is 2.19. The molecule has 0 atom stereocenters. The van der Waals surface area contributed by atoms with Gasteiger partial charge in [0, 0.05) is 25.7 Å². The van der Waals surface area contributed by atoms with Crippen LogP contribution in [-0.4, -0.2) is 23.6 Å². The van der Waals surface area contributed by atoms with Gasteiger partial charge in [-0.25, -0.2) is 4.79 Å². The van der Waals surface area contributed by atoms with Crippen LogP contribution in [0.5, 0.6) is 0 Å². The van der Waals surface area contributed by atoms with E-state index in [2.05, 4.69) is 48.6 Å². The zero-order chi connectivity index (χ0) is 18.4. The molecule has 0 unspecified atom stereocenters. The van der Waals surface area contributed by atoms with Gasteiger partial charge in [0.15, 0.2) is 0 Å². The summed E-state index contributed by atoms with van der Waals surface area (Å²) in [5.74, 6) is 0. The maximum atomic E-state index is 12.8. The van der Waals surface area contributed by atoms with Crippen LogP contribution in [0.4, 0.5) is 4.79 Å². The SMILES string of the molecule is CCOCc1ccccc1CNC(=O)N(Cc1cccc(C)c1)C1CC1. The lowest BCUT2D eigenvalue weighted by molar-refractivity contribution is 0.133. The van der Waals surface area contributed by atoms with Crippen molar-refractivity contribution < 1.29 is 9.53 Å². The topological polar surface area (TPSA) is 41.6 Å². The molecule has 4 heteroatoms. The quantitative estimate of drug-likeness (QED) is 0.765. The number of benzene rings is 2. The van der Waals surface area contributed by atoms with Crippen LogP contribution in [0, 0.1) is 6.92 Å². The average Bonchev–Trinajstić information content (AvgIpc) is 3.48.